The van der Waals surface area contributed by atoms with E-state index in [2.05, 4.69) is 23.2 Å². The number of ether oxygens (including phenoxy) is 1. The molecule has 2 heterocycles. The van der Waals surface area contributed by atoms with Gasteiger partial charge in [-0.1, -0.05) is 6.92 Å². The van der Waals surface area contributed by atoms with E-state index in [4.69, 9.17) is 4.74 Å². The molecule has 4 nitrogen and oxygen atoms in total. The number of hydrogen-bond acceptors (Lipinski definition) is 5. The van der Waals surface area contributed by atoms with Crippen LogP contribution < -0.4 is 4.74 Å². The highest BCUT2D eigenvalue weighted by atomic mass is 32.1. The molecule has 2 aromatic heterocycles. The third kappa shape index (κ3) is 2.92. The topological polar surface area (TPSA) is 52.1 Å². The van der Waals surface area contributed by atoms with Crippen LogP contribution >= 0.6 is 11.3 Å². The molecule has 2 rings (SSSR count). The standard InChI is InChI=1S/C13H14N2O2S/c1-3-9-4-5-10(18-9)8-12(16)11-6-7-13(17-2)15-14-11/h4-7H,3,8H2,1-2H3. The summed E-state index contributed by atoms with van der Waals surface area (Å²) in [6, 6.07) is 7.35. The molecule has 5 heteroatoms. The van der Waals surface area contributed by atoms with Crippen molar-refractivity contribution in [2.75, 3.05) is 7.11 Å². The van der Waals surface area contributed by atoms with Gasteiger partial charge in [0.1, 0.15) is 5.69 Å². The van der Waals surface area contributed by atoms with Gasteiger partial charge in [-0.3, -0.25) is 4.79 Å². The Bertz CT molecular complexity index is 534. The van der Waals surface area contributed by atoms with Gasteiger partial charge >= 0.3 is 0 Å². The van der Waals surface area contributed by atoms with Gasteiger partial charge in [0.25, 0.3) is 0 Å². The highest BCUT2D eigenvalue weighted by Crippen LogP contribution is 2.18. The van der Waals surface area contributed by atoms with Crippen molar-refractivity contribution < 1.29 is 9.53 Å². The minimum atomic E-state index is -0.0188. The van der Waals surface area contributed by atoms with Crippen molar-refractivity contribution in [2.45, 2.75) is 19.8 Å². The molecule has 0 N–H and O–H groups in total. The van der Waals surface area contributed by atoms with Gasteiger partial charge < -0.3 is 4.74 Å². The Balaban J connectivity index is 2.06. The Labute approximate surface area is 110 Å². The van der Waals surface area contributed by atoms with Gasteiger partial charge in [0.15, 0.2) is 5.78 Å². The summed E-state index contributed by atoms with van der Waals surface area (Å²) in [5.74, 6) is 0.394. The number of hydrogen-bond donors (Lipinski definition) is 0. The molecule has 0 saturated heterocycles. The summed E-state index contributed by atoms with van der Waals surface area (Å²) in [4.78, 5) is 14.3. The number of nitrogens with zero attached hydrogens (tertiary/aromatic N) is 2. The second kappa shape index (κ2) is 5.73. The second-order valence-corrected chi connectivity index (χ2v) is 5.04. The molecule has 0 fully saturated rings. The van der Waals surface area contributed by atoms with E-state index >= 15 is 0 Å². The summed E-state index contributed by atoms with van der Waals surface area (Å²) in [6.07, 6.45) is 1.38. The Morgan fingerprint density at radius 1 is 1.22 bits per heavy atom. The van der Waals surface area contributed by atoms with Crippen LogP contribution in [0.15, 0.2) is 24.3 Å². The van der Waals surface area contributed by atoms with Gasteiger partial charge in [-0.05, 0) is 24.6 Å². The fourth-order valence-electron chi connectivity index (χ4n) is 1.53. The van der Waals surface area contributed by atoms with E-state index < -0.39 is 0 Å². The van der Waals surface area contributed by atoms with E-state index in [1.165, 1.54) is 12.0 Å². The third-order valence-electron chi connectivity index (χ3n) is 2.54. The first-order chi connectivity index (χ1) is 8.72. The molecule has 0 radical (unpaired) electrons. The van der Waals surface area contributed by atoms with Gasteiger partial charge in [0, 0.05) is 22.2 Å². The third-order valence-corrected chi connectivity index (χ3v) is 3.77. The monoisotopic (exact) mass is 262 g/mol. The first kappa shape index (κ1) is 12.7. The van der Waals surface area contributed by atoms with Crippen LogP contribution in [-0.4, -0.2) is 23.1 Å². The van der Waals surface area contributed by atoms with Crippen molar-refractivity contribution in [3.05, 3.63) is 39.7 Å². The van der Waals surface area contributed by atoms with Gasteiger partial charge in [-0.25, -0.2) is 0 Å². The maximum absolute atomic E-state index is 12.0. The molecular formula is C13H14N2O2S. The minimum absolute atomic E-state index is 0.0188. The highest BCUT2D eigenvalue weighted by molar-refractivity contribution is 7.12. The Morgan fingerprint density at radius 2 is 2.00 bits per heavy atom. The number of rotatable bonds is 5. The van der Waals surface area contributed by atoms with Gasteiger partial charge in [0.2, 0.25) is 5.88 Å². The molecule has 0 bridgehead atoms. The smallest absolute Gasteiger partial charge is 0.233 e. The average Bonchev–Trinajstić information content (AvgIpc) is 2.86. The molecular weight excluding hydrogens is 248 g/mol. The first-order valence-corrected chi connectivity index (χ1v) is 6.53. The first-order valence-electron chi connectivity index (χ1n) is 5.71. The van der Waals surface area contributed by atoms with Crippen LogP contribution in [0.3, 0.4) is 0 Å². The van der Waals surface area contributed by atoms with Crippen molar-refractivity contribution >= 4 is 17.1 Å². The summed E-state index contributed by atoms with van der Waals surface area (Å²) in [5, 5.41) is 7.64. The number of carbonyl (C=O) groups excluding carboxylic acids is 1. The number of methoxy groups -OCH3 is 1. The van der Waals surface area contributed by atoms with Crippen molar-refractivity contribution in [2.24, 2.45) is 0 Å². The summed E-state index contributed by atoms with van der Waals surface area (Å²) in [6.45, 7) is 2.10. The lowest BCUT2D eigenvalue weighted by Gasteiger charge is -1.99. The Hall–Kier alpha value is -1.75. The van der Waals surface area contributed by atoms with Crippen LogP contribution in [0.1, 0.15) is 27.2 Å². The zero-order valence-corrected chi connectivity index (χ0v) is 11.2. The van der Waals surface area contributed by atoms with E-state index in [1.807, 2.05) is 6.07 Å². The molecule has 0 aromatic carbocycles. The number of aromatic nitrogens is 2. The number of aryl methyl sites for hydroxylation is 1. The summed E-state index contributed by atoms with van der Waals surface area (Å²) in [5.41, 5.74) is 0.377. The van der Waals surface area contributed by atoms with E-state index in [1.54, 1.807) is 23.5 Å². The van der Waals surface area contributed by atoms with E-state index in [9.17, 15) is 4.79 Å². The van der Waals surface area contributed by atoms with Crippen LogP contribution in [0.2, 0.25) is 0 Å². The molecule has 0 amide bonds. The van der Waals surface area contributed by atoms with Crippen molar-refractivity contribution in [3.63, 3.8) is 0 Å². The number of ketones is 1. The summed E-state index contributed by atoms with van der Waals surface area (Å²) in [7, 11) is 1.52. The number of carbonyl (C=O) groups is 1. The molecule has 0 unspecified atom stereocenters. The zero-order chi connectivity index (χ0) is 13.0. The van der Waals surface area contributed by atoms with Crippen LogP contribution in [0.4, 0.5) is 0 Å². The summed E-state index contributed by atoms with van der Waals surface area (Å²) >= 11 is 1.67. The lowest BCUT2D eigenvalue weighted by Crippen LogP contribution is -2.06. The normalized spacial score (nSPS) is 10.3. The van der Waals surface area contributed by atoms with Crippen molar-refractivity contribution in [1.82, 2.24) is 10.2 Å². The largest absolute Gasteiger partial charge is 0.480 e. The molecule has 18 heavy (non-hydrogen) atoms. The van der Waals surface area contributed by atoms with Gasteiger partial charge in [-0.15, -0.1) is 21.5 Å². The lowest BCUT2D eigenvalue weighted by molar-refractivity contribution is 0.0988. The van der Waals surface area contributed by atoms with E-state index in [0.717, 1.165) is 11.3 Å². The molecule has 0 aliphatic heterocycles. The molecule has 0 aliphatic rings. The fourth-order valence-corrected chi connectivity index (χ4v) is 2.49. The Kier molecular flexibility index (Phi) is 4.04. The quantitative estimate of drug-likeness (QED) is 0.777. The van der Waals surface area contributed by atoms with Crippen molar-refractivity contribution in [3.8, 4) is 5.88 Å². The number of Topliss-reactive ketones (excluding diaryl/α,β-unsaturated/α-hetero) is 1. The molecule has 2 aromatic rings. The maximum Gasteiger partial charge on any atom is 0.233 e. The second-order valence-electron chi connectivity index (χ2n) is 3.78. The molecule has 94 valence electrons. The summed E-state index contributed by atoms with van der Waals surface area (Å²) < 4.78 is 4.90. The lowest BCUT2D eigenvalue weighted by atomic mass is 10.2. The van der Waals surface area contributed by atoms with E-state index in [-0.39, 0.29) is 5.78 Å². The molecule has 0 aliphatic carbocycles. The predicted octanol–water partition coefficient (Wildman–Crippen LogP) is 2.53. The predicted molar refractivity (Wildman–Crippen MR) is 70.3 cm³/mol. The highest BCUT2D eigenvalue weighted by Gasteiger charge is 2.11. The molecule has 0 spiro atoms. The van der Waals surface area contributed by atoms with E-state index in [0.29, 0.717) is 18.0 Å². The SMILES string of the molecule is CCc1ccc(CC(=O)c2ccc(OC)nn2)s1. The number of thiophene rings is 1. The van der Waals surface area contributed by atoms with Gasteiger partial charge in [-0.2, -0.15) is 0 Å². The Morgan fingerprint density at radius 3 is 2.56 bits per heavy atom. The zero-order valence-electron chi connectivity index (χ0n) is 10.3. The fraction of sp³-hybridized carbons (Fsp3) is 0.308. The molecule has 0 saturated carbocycles. The average molecular weight is 262 g/mol. The van der Waals surface area contributed by atoms with Gasteiger partial charge in [0.05, 0.1) is 7.11 Å². The minimum Gasteiger partial charge on any atom is -0.480 e. The molecule has 0 atom stereocenters. The van der Waals surface area contributed by atoms with Crippen LogP contribution in [0, 0.1) is 0 Å². The maximum atomic E-state index is 12.0. The van der Waals surface area contributed by atoms with Crippen LogP contribution in [0.25, 0.3) is 0 Å². The van der Waals surface area contributed by atoms with Crippen molar-refractivity contribution in [1.29, 1.82) is 0 Å². The van der Waals surface area contributed by atoms with Crippen LogP contribution in [-0.2, 0) is 12.8 Å². The van der Waals surface area contributed by atoms with Crippen LogP contribution in [0.5, 0.6) is 5.88 Å².